The summed E-state index contributed by atoms with van der Waals surface area (Å²) in [6.45, 7) is 8.65. The van der Waals surface area contributed by atoms with E-state index in [0.717, 1.165) is 58.1 Å². The normalized spacial score (nSPS) is 19.2. The van der Waals surface area contributed by atoms with Gasteiger partial charge in [0.15, 0.2) is 17.3 Å². The predicted octanol–water partition coefficient (Wildman–Crippen LogP) is 5.66. The molecule has 2 saturated heterocycles. The summed E-state index contributed by atoms with van der Waals surface area (Å²) in [6.07, 6.45) is 5.44. The lowest BCUT2D eigenvalue weighted by atomic mass is 9.78. The molecular formula is C22H25Br2N3O2. The molecule has 0 atom stereocenters. The van der Waals surface area contributed by atoms with E-state index < -0.39 is 0 Å². The van der Waals surface area contributed by atoms with Crippen molar-refractivity contribution in [2.24, 2.45) is 5.41 Å². The third kappa shape index (κ3) is 3.82. The molecule has 7 heteroatoms. The van der Waals surface area contributed by atoms with E-state index in [4.69, 9.17) is 9.47 Å². The fourth-order valence-corrected chi connectivity index (χ4v) is 5.14. The SMILES string of the molecule is Cc1cc2c(cc1Br)Oc1cc(Br)cnc1N2CCCCCN1CC2(COC2)C1. The number of likely N-dealkylation sites (tertiary alicyclic amines) is 1. The fraction of sp³-hybridized carbons (Fsp3) is 0.500. The van der Waals surface area contributed by atoms with Crippen molar-refractivity contribution in [3.8, 4) is 11.5 Å². The van der Waals surface area contributed by atoms with E-state index in [1.54, 1.807) is 0 Å². The summed E-state index contributed by atoms with van der Waals surface area (Å²) >= 11 is 7.14. The summed E-state index contributed by atoms with van der Waals surface area (Å²) in [4.78, 5) is 9.54. The maximum absolute atomic E-state index is 6.16. The molecule has 0 amide bonds. The van der Waals surface area contributed by atoms with Crippen LogP contribution in [0.5, 0.6) is 11.5 Å². The topological polar surface area (TPSA) is 37.8 Å². The number of hydrogen-bond acceptors (Lipinski definition) is 5. The Bertz CT molecular complexity index is 925. The lowest BCUT2D eigenvalue weighted by Crippen LogP contribution is -2.65. The second kappa shape index (κ2) is 7.84. The molecule has 0 aliphatic carbocycles. The molecule has 5 rings (SSSR count). The Labute approximate surface area is 188 Å². The Kier molecular flexibility index (Phi) is 5.35. The van der Waals surface area contributed by atoms with Gasteiger partial charge < -0.3 is 19.3 Å². The van der Waals surface area contributed by atoms with Crippen molar-refractivity contribution in [2.45, 2.75) is 26.2 Å². The monoisotopic (exact) mass is 521 g/mol. The number of pyridine rings is 1. The molecule has 0 N–H and O–H groups in total. The maximum Gasteiger partial charge on any atom is 0.176 e. The van der Waals surface area contributed by atoms with Crippen LogP contribution < -0.4 is 9.64 Å². The van der Waals surface area contributed by atoms with E-state index in [0.29, 0.717) is 5.41 Å². The van der Waals surface area contributed by atoms with Crippen molar-refractivity contribution >= 4 is 43.4 Å². The van der Waals surface area contributed by atoms with Crippen LogP contribution in [-0.2, 0) is 4.74 Å². The molecule has 2 aromatic rings. The van der Waals surface area contributed by atoms with E-state index in [-0.39, 0.29) is 0 Å². The minimum absolute atomic E-state index is 0.521. The van der Waals surface area contributed by atoms with E-state index in [1.807, 2.05) is 12.3 Å². The Hall–Kier alpha value is -1.15. The number of fused-ring (bicyclic) bond motifs is 2. The first-order chi connectivity index (χ1) is 14.0. The highest BCUT2D eigenvalue weighted by Gasteiger charge is 2.48. The molecule has 4 heterocycles. The minimum atomic E-state index is 0.521. The molecule has 0 unspecified atom stereocenters. The van der Waals surface area contributed by atoms with Crippen molar-refractivity contribution in [1.82, 2.24) is 9.88 Å². The van der Waals surface area contributed by atoms with Crippen molar-refractivity contribution in [2.75, 3.05) is 44.3 Å². The van der Waals surface area contributed by atoms with Crippen LogP contribution >= 0.6 is 31.9 Å². The second-order valence-corrected chi connectivity index (χ2v) is 10.3. The van der Waals surface area contributed by atoms with Gasteiger partial charge >= 0.3 is 0 Å². The molecular weight excluding hydrogens is 498 g/mol. The van der Waals surface area contributed by atoms with Gasteiger partial charge in [0.05, 0.1) is 18.9 Å². The Morgan fingerprint density at radius 1 is 1.03 bits per heavy atom. The van der Waals surface area contributed by atoms with Crippen LogP contribution in [0.3, 0.4) is 0 Å². The molecule has 154 valence electrons. The molecule has 5 nitrogen and oxygen atoms in total. The second-order valence-electron chi connectivity index (χ2n) is 8.56. The van der Waals surface area contributed by atoms with Gasteiger partial charge in [-0.2, -0.15) is 0 Å². The average molecular weight is 523 g/mol. The molecule has 1 spiro atoms. The van der Waals surface area contributed by atoms with Crippen molar-refractivity contribution in [3.05, 3.63) is 38.9 Å². The van der Waals surface area contributed by atoms with Gasteiger partial charge in [0.2, 0.25) is 0 Å². The first kappa shape index (κ1) is 19.8. The molecule has 29 heavy (non-hydrogen) atoms. The smallest absolute Gasteiger partial charge is 0.176 e. The summed E-state index contributed by atoms with van der Waals surface area (Å²) < 4.78 is 13.5. The molecule has 3 aliphatic rings. The first-order valence-electron chi connectivity index (χ1n) is 10.2. The number of aryl methyl sites for hydroxylation is 1. The lowest BCUT2D eigenvalue weighted by molar-refractivity contribution is -0.188. The Morgan fingerprint density at radius 2 is 1.83 bits per heavy atom. The van der Waals surface area contributed by atoms with Gasteiger partial charge in [0, 0.05) is 46.3 Å². The van der Waals surface area contributed by atoms with E-state index in [9.17, 15) is 0 Å². The van der Waals surface area contributed by atoms with Gasteiger partial charge in [-0.05, 0) is 59.9 Å². The first-order valence-corrected chi connectivity index (χ1v) is 11.8. The summed E-state index contributed by atoms with van der Waals surface area (Å²) in [5.74, 6) is 2.58. The van der Waals surface area contributed by atoms with Gasteiger partial charge in [-0.15, -0.1) is 0 Å². The molecule has 0 saturated carbocycles. The van der Waals surface area contributed by atoms with Crippen LogP contribution in [-0.4, -0.2) is 49.3 Å². The number of hydrogen-bond donors (Lipinski definition) is 0. The zero-order valence-corrected chi connectivity index (χ0v) is 19.8. The Balaban J connectivity index is 1.22. The molecule has 0 bridgehead atoms. The highest BCUT2D eigenvalue weighted by Crippen LogP contribution is 2.48. The summed E-state index contributed by atoms with van der Waals surface area (Å²) in [5.41, 5.74) is 2.82. The highest BCUT2D eigenvalue weighted by molar-refractivity contribution is 9.10. The molecule has 2 fully saturated rings. The van der Waals surface area contributed by atoms with Crippen LogP contribution in [0.1, 0.15) is 24.8 Å². The minimum Gasteiger partial charge on any atom is -0.451 e. The maximum atomic E-state index is 6.16. The summed E-state index contributed by atoms with van der Waals surface area (Å²) in [6, 6.07) is 6.24. The van der Waals surface area contributed by atoms with E-state index >= 15 is 0 Å². The van der Waals surface area contributed by atoms with Crippen LogP contribution in [0.15, 0.2) is 33.3 Å². The van der Waals surface area contributed by atoms with Crippen molar-refractivity contribution in [1.29, 1.82) is 0 Å². The average Bonchev–Trinajstić information content (AvgIpc) is 2.62. The number of rotatable bonds is 6. The van der Waals surface area contributed by atoms with Gasteiger partial charge in [-0.1, -0.05) is 22.4 Å². The number of benzene rings is 1. The summed E-state index contributed by atoms with van der Waals surface area (Å²) in [5, 5.41) is 0. The predicted molar refractivity (Wildman–Crippen MR) is 121 cm³/mol. The van der Waals surface area contributed by atoms with Crippen LogP contribution in [0.2, 0.25) is 0 Å². The molecule has 3 aliphatic heterocycles. The quantitative estimate of drug-likeness (QED) is 0.457. The van der Waals surface area contributed by atoms with Gasteiger partial charge in [0.25, 0.3) is 0 Å². The third-order valence-electron chi connectivity index (χ3n) is 6.10. The van der Waals surface area contributed by atoms with E-state index in [2.05, 4.69) is 65.7 Å². The number of unbranched alkanes of at least 4 members (excludes halogenated alkanes) is 2. The number of anilines is 2. The number of nitrogens with zero attached hydrogens (tertiary/aromatic N) is 3. The van der Waals surface area contributed by atoms with Crippen LogP contribution in [0.4, 0.5) is 11.5 Å². The van der Waals surface area contributed by atoms with Gasteiger partial charge in [0.1, 0.15) is 0 Å². The molecule has 0 radical (unpaired) electrons. The zero-order valence-electron chi connectivity index (χ0n) is 16.6. The van der Waals surface area contributed by atoms with E-state index in [1.165, 1.54) is 38.0 Å². The fourth-order valence-electron chi connectivity index (χ4n) is 4.51. The molecule has 1 aromatic heterocycles. The number of halogens is 2. The van der Waals surface area contributed by atoms with Crippen LogP contribution in [0.25, 0.3) is 0 Å². The number of aromatic nitrogens is 1. The standard InChI is InChI=1S/C22H25Br2N3O2/c1-15-7-18-19(9-17(15)24)29-20-8-16(23)10-25-21(20)27(18)6-4-2-3-5-26-11-22(12-26)13-28-14-22/h7-10H,2-6,11-14H2,1H3. The lowest BCUT2D eigenvalue weighted by Gasteiger charge is -2.55. The third-order valence-corrected chi connectivity index (χ3v) is 7.38. The van der Waals surface area contributed by atoms with Crippen LogP contribution in [0, 0.1) is 12.3 Å². The molecule has 1 aromatic carbocycles. The number of ether oxygens (including phenoxy) is 2. The Morgan fingerprint density at radius 3 is 2.59 bits per heavy atom. The van der Waals surface area contributed by atoms with Crippen molar-refractivity contribution in [3.63, 3.8) is 0 Å². The zero-order chi connectivity index (χ0) is 20.0. The summed E-state index contributed by atoms with van der Waals surface area (Å²) in [7, 11) is 0. The van der Waals surface area contributed by atoms with Gasteiger partial charge in [-0.3, -0.25) is 0 Å². The largest absolute Gasteiger partial charge is 0.451 e. The van der Waals surface area contributed by atoms with Crippen molar-refractivity contribution < 1.29 is 9.47 Å². The highest BCUT2D eigenvalue weighted by atomic mass is 79.9. The van der Waals surface area contributed by atoms with Gasteiger partial charge in [-0.25, -0.2) is 4.98 Å².